The molecular formula is C48H85NO9P+. The lowest BCUT2D eigenvalue weighted by Crippen LogP contribution is -2.37. The van der Waals surface area contributed by atoms with Gasteiger partial charge in [-0.15, -0.1) is 0 Å². The minimum absolute atomic E-state index is 0.00438. The van der Waals surface area contributed by atoms with E-state index in [1.54, 1.807) is 12.2 Å². The predicted octanol–water partition coefficient (Wildman–Crippen LogP) is 12.0. The zero-order valence-electron chi connectivity index (χ0n) is 37.8. The van der Waals surface area contributed by atoms with Gasteiger partial charge in [-0.1, -0.05) is 145 Å². The van der Waals surface area contributed by atoms with Crippen molar-refractivity contribution < 1.29 is 47.2 Å². The summed E-state index contributed by atoms with van der Waals surface area (Å²) in [5.41, 5.74) is 0. The second-order valence-electron chi connectivity index (χ2n) is 16.3. The Morgan fingerprint density at radius 3 is 1.73 bits per heavy atom. The number of phosphoric acid groups is 1. The number of esters is 2. The van der Waals surface area contributed by atoms with E-state index in [0.717, 1.165) is 44.9 Å². The van der Waals surface area contributed by atoms with E-state index in [1.807, 2.05) is 39.4 Å². The van der Waals surface area contributed by atoms with Crippen LogP contribution in [0.5, 0.6) is 0 Å². The summed E-state index contributed by atoms with van der Waals surface area (Å²) in [7, 11) is 1.38. The quantitative estimate of drug-likeness (QED) is 0.0155. The third-order valence-electron chi connectivity index (χ3n) is 9.29. The maximum Gasteiger partial charge on any atom is 0.472 e. The molecule has 340 valence electrons. The Labute approximate surface area is 360 Å². The minimum atomic E-state index is -4.41. The zero-order chi connectivity index (χ0) is 43.7. The van der Waals surface area contributed by atoms with Crippen LogP contribution >= 0.6 is 7.82 Å². The molecule has 2 unspecified atom stereocenters. The molecule has 0 bridgehead atoms. The molecule has 0 saturated carbocycles. The standard InChI is InChI=1S/C48H84NO9P/c1-6-8-10-12-14-16-17-18-19-20-21-22-23-25-27-31-36-40-48(52)58-46(44-57-59(53,54)56-42-41-49(3,4)5)43-55-47(51)39-35-32-28-30-34-38-45(50)37-33-29-26-24-15-13-11-9-7-2/h14-16,18-19,24,28-30,33-34,38,45-46,50H,6-13,17,20-23,25-27,31-32,35-37,39-44H2,1-5H3/p+1/b16-14-,19-18-,24-15-,30-28+,33-29-,38-34-/t45?,46-/m1/s1. The molecule has 0 aromatic heterocycles. The SMILES string of the molecule is CCCCC/C=C\C/C=C\CCCCCCCCCC(=O)O[C@H](COC(=O)CCC/C=C/C=C\C(O)C/C=C\C/C=C\CCCCC)COP(=O)(O)OCC[N+](C)(C)C. The number of carbonyl (C=O) groups is 2. The first kappa shape index (κ1) is 56.4. The summed E-state index contributed by atoms with van der Waals surface area (Å²) in [5, 5.41) is 10.1. The summed E-state index contributed by atoms with van der Waals surface area (Å²) in [6.07, 6.45) is 45.5. The van der Waals surface area contributed by atoms with Crippen molar-refractivity contribution in [2.45, 2.75) is 174 Å². The third kappa shape index (κ3) is 43.3. The fraction of sp³-hybridized carbons (Fsp3) is 0.708. The van der Waals surface area contributed by atoms with Crippen molar-refractivity contribution in [3.05, 3.63) is 72.9 Å². The summed E-state index contributed by atoms with van der Waals surface area (Å²) < 4.78 is 34.2. The van der Waals surface area contributed by atoms with Gasteiger partial charge in [0.05, 0.1) is 33.9 Å². The fourth-order valence-electron chi connectivity index (χ4n) is 5.64. The maximum atomic E-state index is 12.7. The number of ether oxygens (including phenoxy) is 2. The van der Waals surface area contributed by atoms with Crippen LogP contribution in [0.3, 0.4) is 0 Å². The number of aliphatic hydroxyl groups is 1. The third-order valence-corrected chi connectivity index (χ3v) is 10.3. The largest absolute Gasteiger partial charge is 0.472 e. The first-order valence-electron chi connectivity index (χ1n) is 22.8. The van der Waals surface area contributed by atoms with Crippen LogP contribution in [0.15, 0.2) is 72.9 Å². The number of hydrogen-bond acceptors (Lipinski definition) is 8. The van der Waals surface area contributed by atoms with Gasteiger partial charge in [0.1, 0.15) is 19.8 Å². The Morgan fingerprint density at radius 1 is 0.610 bits per heavy atom. The highest BCUT2D eigenvalue weighted by Crippen LogP contribution is 2.43. The number of allylic oxidation sites excluding steroid dienone is 10. The Morgan fingerprint density at radius 2 is 1.14 bits per heavy atom. The summed E-state index contributed by atoms with van der Waals surface area (Å²) >= 11 is 0. The average Bonchev–Trinajstić information content (AvgIpc) is 3.18. The second kappa shape index (κ2) is 39.5. The molecule has 0 aromatic rings. The number of phosphoric ester groups is 1. The smallest absolute Gasteiger partial charge is 0.462 e. The van der Waals surface area contributed by atoms with E-state index < -0.39 is 38.6 Å². The van der Waals surface area contributed by atoms with Crippen molar-refractivity contribution in [2.24, 2.45) is 0 Å². The van der Waals surface area contributed by atoms with Crippen molar-refractivity contribution in [1.82, 2.24) is 0 Å². The number of rotatable bonds is 40. The van der Waals surface area contributed by atoms with Crippen LogP contribution in [0, 0.1) is 0 Å². The van der Waals surface area contributed by atoms with Gasteiger partial charge in [-0.25, -0.2) is 4.57 Å². The van der Waals surface area contributed by atoms with Crippen LogP contribution in [0.2, 0.25) is 0 Å². The molecule has 59 heavy (non-hydrogen) atoms. The molecule has 3 atom stereocenters. The van der Waals surface area contributed by atoms with Gasteiger partial charge < -0.3 is 24.0 Å². The van der Waals surface area contributed by atoms with Crippen molar-refractivity contribution in [3.8, 4) is 0 Å². The van der Waals surface area contributed by atoms with E-state index in [2.05, 4.69) is 56.4 Å². The summed E-state index contributed by atoms with van der Waals surface area (Å²) in [5.74, 6) is -0.943. The maximum absolute atomic E-state index is 12.7. The van der Waals surface area contributed by atoms with E-state index in [1.165, 1.54) is 64.2 Å². The fourth-order valence-corrected chi connectivity index (χ4v) is 6.39. The average molecular weight is 851 g/mol. The molecular weight excluding hydrogens is 766 g/mol. The number of hydrogen-bond donors (Lipinski definition) is 2. The normalized spacial score (nSPS) is 14.8. The highest BCUT2D eigenvalue weighted by atomic mass is 31.2. The molecule has 11 heteroatoms. The molecule has 0 amide bonds. The molecule has 0 aliphatic heterocycles. The summed E-state index contributed by atoms with van der Waals surface area (Å²) in [6, 6.07) is 0. The summed E-state index contributed by atoms with van der Waals surface area (Å²) in [6.45, 7) is 4.18. The predicted molar refractivity (Wildman–Crippen MR) is 244 cm³/mol. The first-order chi connectivity index (χ1) is 28.4. The first-order valence-corrected chi connectivity index (χ1v) is 24.3. The van der Waals surface area contributed by atoms with Crippen molar-refractivity contribution >= 4 is 19.8 Å². The van der Waals surface area contributed by atoms with Gasteiger partial charge in [0.25, 0.3) is 0 Å². The number of unbranched alkanes of at least 4 members (excludes halogenated alkanes) is 14. The Bertz CT molecular complexity index is 1250. The van der Waals surface area contributed by atoms with Crippen molar-refractivity contribution in [2.75, 3.05) is 47.5 Å². The molecule has 0 aliphatic carbocycles. The number of likely N-dealkylation sites (N-methyl/N-ethyl adjacent to an activating group) is 1. The topological polar surface area (TPSA) is 129 Å². The van der Waals surface area contributed by atoms with Gasteiger partial charge >= 0.3 is 19.8 Å². The van der Waals surface area contributed by atoms with Gasteiger partial charge in [-0.2, -0.15) is 0 Å². The number of quaternary nitrogens is 1. The molecule has 0 saturated heterocycles. The molecule has 10 nitrogen and oxygen atoms in total. The van der Waals surface area contributed by atoms with Gasteiger partial charge in [0.15, 0.2) is 6.10 Å². The monoisotopic (exact) mass is 851 g/mol. The van der Waals surface area contributed by atoms with E-state index in [4.69, 9.17) is 18.5 Å². The van der Waals surface area contributed by atoms with Crippen LogP contribution in [-0.4, -0.2) is 86.1 Å². The van der Waals surface area contributed by atoms with E-state index in [-0.39, 0.29) is 26.1 Å². The molecule has 0 fully saturated rings. The minimum Gasteiger partial charge on any atom is -0.462 e. The molecule has 0 spiro atoms. The number of nitrogens with zero attached hydrogens (tertiary/aromatic N) is 1. The van der Waals surface area contributed by atoms with Crippen LogP contribution in [0.25, 0.3) is 0 Å². The molecule has 2 N–H and O–H groups in total. The van der Waals surface area contributed by atoms with Gasteiger partial charge in [-0.3, -0.25) is 18.6 Å². The van der Waals surface area contributed by atoms with Crippen molar-refractivity contribution in [3.63, 3.8) is 0 Å². The molecule has 0 rings (SSSR count). The molecule has 0 aromatic carbocycles. The lowest BCUT2D eigenvalue weighted by atomic mass is 10.1. The number of aliphatic hydroxyl groups excluding tert-OH is 1. The van der Waals surface area contributed by atoms with Gasteiger partial charge in [0.2, 0.25) is 0 Å². The Kier molecular flexibility index (Phi) is 37.8. The van der Waals surface area contributed by atoms with Gasteiger partial charge in [0, 0.05) is 12.8 Å². The van der Waals surface area contributed by atoms with E-state index >= 15 is 0 Å². The van der Waals surface area contributed by atoms with Crippen LogP contribution < -0.4 is 0 Å². The second-order valence-corrected chi connectivity index (χ2v) is 17.7. The van der Waals surface area contributed by atoms with E-state index in [0.29, 0.717) is 36.7 Å². The van der Waals surface area contributed by atoms with E-state index in [9.17, 15) is 24.2 Å². The lowest BCUT2D eigenvalue weighted by molar-refractivity contribution is -0.870. The highest BCUT2D eigenvalue weighted by molar-refractivity contribution is 7.47. The lowest BCUT2D eigenvalue weighted by Gasteiger charge is -2.24. The Hall–Kier alpha value is -2.59. The summed E-state index contributed by atoms with van der Waals surface area (Å²) in [4.78, 5) is 35.4. The number of carbonyl (C=O) groups excluding carboxylic acids is 2. The zero-order valence-corrected chi connectivity index (χ0v) is 38.7. The van der Waals surface area contributed by atoms with Crippen molar-refractivity contribution in [1.29, 1.82) is 0 Å². The van der Waals surface area contributed by atoms with Crippen LogP contribution in [0.4, 0.5) is 0 Å². The molecule has 0 heterocycles. The molecule has 0 aliphatic rings. The highest BCUT2D eigenvalue weighted by Gasteiger charge is 2.27. The van der Waals surface area contributed by atoms with Crippen LogP contribution in [0.1, 0.15) is 162 Å². The Balaban J connectivity index is 4.54. The van der Waals surface area contributed by atoms with Gasteiger partial charge in [-0.05, 0) is 77.0 Å². The molecule has 0 radical (unpaired) electrons. The van der Waals surface area contributed by atoms with Crippen LogP contribution in [-0.2, 0) is 32.7 Å².